The van der Waals surface area contributed by atoms with Gasteiger partial charge in [0, 0.05) is 18.5 Å². The standard InChI is InChI=1S/C12H24N2O2.ClH/c1-9(10(2)13)12(15)14-7-8-16-11-5-3-4-6-11;/h9-11H,3-8,13H2,1-2H3,(H,14,15);1H. The Morgan fingerprint density at radius 3 is 2.53 bits per heavy atom. The molecule has 0 aromatic carbocycles. The van der Waals surface area contributed by atoms with Crippen LogP contribution in [0.1, 0.15) is 39.5 Å². The van der Waals surface area contributed by atoms with Crippen LogP contribution in [-0.4, -0.2) is 31.2 Å². The van der Waals surface area contributed by atoms with Crippen LogP contribution in [-0.2, 0) is 9.53 Å². The molecule has 0 saturated heterocycles. The monoisotopic (exact) mass is 264 g/mol. The van der Waals surface area contributed by atoms with Crippen LogP contribution >= 0.6 is 12.4 Å². The van der Waals surface area contributed by atoms with Gasteiger partial charge in [-0.15, -0.1) is 12.4 Å². The van der Waals surface area contributed by atoms with Gasteiger partial charge in [-0.2, -0.15) is 0 Å². The molecule has 1 rings (SSSR count). The zero-order valence-corrected chi connectivity index (χ0v) is 11.6. The van der Waals surface area contributed by atoms with Crippen molar-refractivity contribution in [3.8, 4) is 0 Å². The highest BCUT2D eigenvalue weighted by atomic mass is 35.5. The number of carbonyl (C=O) groups is 1. The van der Waals surface area contributed by atoms with E-state index in [0.29, 0.717) is 19.3 Å². The van der Waals surface area contributed by atoms with Crippen LogP contribution in [0, 0.1) is 5.92 Å². The van der Waals surface area contributed by atoms with Crippen molar-refractivity contribution in [1.29, 1.82) is 0 Å². The van der Waals surface area contributed by atoms with Crippen molar-refractivity contribution in [3.63, 3.8) is 0 Å². The summed E-state index contributed by atoms with van der Waals surface area (Å²) < 4.78 is 5.65. The van der Waals surface area contributed by atoms with Crippen LogP contribution in [0.15, 0.2) is 0 Å². The largest absolute Gasteiger partial charge is 0.376 e. The summed E-state index contributed by atoms with van der Waals surface area (Å²) in [5.74, 6) is -0.114. The van der Waals surface area contributed by atoms with E-state index in [1.54, 1.807) is 0 Å². The maximum atomic E-state index is 11.5. The van der Waals surface area contributed by atoms with Gasteiger partial charge < -0.3 is 15.8 Å². The summed E-state index contributed by atoms with van der Waals surface area (Å²) in [4.78, 5) is 11.5. The van der Waals surface area contributed by atoms with E-state index in [1.165, 1.54) is 25.7 Å². The molecule has 5 heteroatoms. The Balaban J connectivity index is 0.00000256. The number of hydrogen-bond acceptors (Lipinski definition) is 3. The third-order valence-electron chi connectivity index (χ3n) is 3.26. The third kappa shape index (κ3) is 6.24. The number of ether oxygens (including phenoxy) is 1. The van der Waals surface area contributed by atoms with Crippen LogP contribution in [0.25, 0.3) is 0 Å². The topological polar surface area (TPSA) is 64.4 Å². The minimum atomic E-state index is -0.133. The summed E-state index contributed by atoms with van der Waals surface area (Å²) in [5, 5.41) is 2.84. The van der Waals surface area contributed by atoms with Crippen molar-refractivity contribution in [1.82, 2.24) is 5.32 Å². The molecule has 0 aromatic rings. The lowest BCUT2D eigenvalue weighted by molar-refractivity contribution is -0.125. The predicted octanol–water partition coefficient (Wildman–Crippen LogP) is 1.47. The lowest BCUT2D eigenvalue weighted by Gasteiger charge is -2.16. The first-order chi connectivity index (χ1) is 7.61. The molecule has 3 N–H and O–H groups in total. The van der Waals surface area contributed by atoms with E-state index < -0.39 is 0 Å². The normalized spacial score (nSPS) is 19.5. The Morgan fingerprint density at radius 1 is 1.41 bits per heavy atom. The van der Waals surface area contributed by atoms with E-state index >= 15 is 0 Å². The molecular weight excluding hydrogens is 240 g/mol. The zero-order valence-electron chi connectivity index (χ0n) is 10.8. The molecule has 1 aliphatic carbocycles. The molecule has 1 saturated carbocycles. The van der Waals surface area contributed by atoms with E-state index in [4.69, 9.17) is 10.5 Å². The van der Waals surface area contributed by atoms with Crippen molar-refractivity contribution >= 4 is 18.3 Å². The van der Waals surface area contributed by atoms with Gasteiger partial charge in [0.05, 0.1) is 12.7 Å². The molecule has 0 heterocycles. The summed E-state index contributed by atoms with van der Waals surface area (Å²) in [5.41, 5.74) is 5.65. The molecule has 0 radical (unpaired) electrons. The molecule has 2 unspecified atom stereocenters. The van der Waals surface area contributed by atoms with Crippen molar-refractivity contribution in [2.75, 3.05) is 13.2 Å². The van der Waals surface area contributed by atoms with Gasteiger partial charge in [-0.05, 0) is 19.8 Å². The molecule has 0 aliphatic heterocycles. The molecule has 1 fully saturated rings. The second-order valence-electron chi connectivity index (χ2n) is 4.72. The fourth-order valence-corrected chi connectivity index (χ4v) is 1.85. The fourth-order valence-electron chi connectivity index (χ4n) is 1.85. The highest BCUT2D eigenvalue weighted by molar-refractivity contribution is 5.85. The molecule has 0 aromatic heterocycles. The summed E-state index contributed by atoms with van der Waals surface area (Å²) in [7, 11) is 0. The molecular formula is C12H25ClN2O2. The summed E-state index contributed by atoms with van der Waals surface area (Å²) in [6.07, 6.45) is 5.31. The highest BCUT2D eigenvalue weighted by Gasteiger charge is 2.17. The van der Waals surface area contributed by atoms with E-state index in [-0.39, 0.29) is 30.3 Å². The summed E-state index contributed by atoms with van der Waals surface area (Å²) in [6.45, 7) is 4.89. The van der Waals surface area contributed by atoms with E-state index in [1.807, 2.05) is 13.8 Å². The van der Waals surface area contributed by atoms with E-state index in [2.05, 4.69) is 5.32 Å². The molecule has 1 aliphatic rings. The van der Waals surface area contributed by atoms with Gasteiger partial charge in [0.15, 0.2) is 0 Å². The maximum Gasteiger partial charge on any atom is 0.224 e. The summed E-state index contributed by atoms with van der Waals surface area (Å²) >= 11 is 0. The second kappa shape index (κ2) is 8.72. The van der Waals surface area contributed by atoms with E-state index in [0.717, 1.165) is 0 Å². The molecule has 4 nitrogen and oxygen atoms in total. The smallest absolute Gasteiger partial charge is 0.224 e. The van der Waals surface area contributed by atoms with Gasteiger partial charge in [0.1, 0.15) is 0 Å². The lowest BCUT2D eigenvalue weighted by atomic mass is 10.0. The third-order valence-corrected chi connectivity index (χ3v) is 3.26. The van der Waals surface area contributed by atoms with Gasteiger partial charge in [-0.3, -0.25) is 4.79 Å². The van der Waals surface area contributed by atoms with Crippen molar-refractivity contribution in [2.45, 2.75) is 51.7 Å². The number of rotatable bonds is 6. The minimum Gasteiger partial charge on any atom is -0.376 e. The van der Waals surface area contributed by atoms with Crippen LogP contribution in [0.4, 0.5) is 0 Å². The van der Waals surface area contributed by atoms with Crippen molar-refractivity contribution in [2.24, 2.45) is 11.7 Å². The Bertz CT molecular complexity index is 219. The van der Waals surface area contributed by atoms with Gasteiger partial charge in [0.2, 0.25) is 5.91 Å². The van der Waals surface area contributed by atoms with Gasteiger partial charge in [-0.25, -0.2) is 0 Å². The highest BCUT2D eigenvalue weighted by Crippen LogP contribution is 2.20. The van der Waals surface area contributed by atoms with Crippen LogP contribution in [0.5, 0.6) is 0 Å². The van der Waals surface area contributed by atoms with Gasteiger partial charge >= 0.3 is 0 Å². The predicted molar refractivity (Wildman–Crippen MR) is 71.3 cm³/mol. The number of nitrogens with one attached hydrogen (secondary N) is 1. The Kier molecular flexibility index (Phi) is 8.56. The average Bonchev–Trinajstić information content (AvgIpc) is 2.75. The second-order valence-corrected chi connectivity index (χ2v) is 4.72. The number of carbonyl (C=O) groups excluding carboxylic acids is 1. The molecule has 0 spiro atoms. The minimum absolute atomic E-state index is 0. The quantitative estimate of drug-likeness (QED) is 0.714. The van der Waals surface area contributed by atoms with Crippen molar-refractivity contribution < 1.29 is 9.53 Å². The molecule has 0 bridgehead atoms. The SMILES string of the molecule is CC(N)C(C)C(=O)NCCOC1CCCC1.Cl. The molecule has 102 valence electrons. The van der Waals surface area contributed by atoms with Gasteiger partial charge in [-0.1, -0.05) is 19.8 Å². The first-order valence-corrected chi connectivity index (χ1v) is 6.26. The lowest BCUT2D eigenvalue weighted by Crippen LogP contribution is -2.40. The number of nitrogens with two attached hydrogens (primary N) is 1. The fraction of sp³-hybridized carbons (Fsp3) is 0.917. The summed E-state index contributed by atoms with van der Waals surface area (Å²) in [6, 6.07) is -0.101. The van der Waals surface area contributed by atoms with Crippen LogP contribution in [0.2, 0.25) is 0 Å². The van der Waals surface area contributed by atoms with Crippen LogP contribution < -0.4 is 11.1 Å². The Morgan fingerprint density at radius 2 is 2.00 bits per heavy atom. The first-order valence-electron chi connectivity index (χ1n) is 6.26. The van der Waals surface area contributed by atoms with Crippen LogP contribution in [0.3, 0.4) is 0 Å². The maximum absolute atomic E-state index is 11.5. The average molecular weight is 265 g/mol. The number of hydrogen-bond donors (Lipinski definition) is 2. The van der Waals surface area contributed by atoms with E-state index in [9.17, 15) is 4.79 Å². The zero-order chi connectivity index (χ0) is 12.0. The number of halogens is 1. The molecule has 1 amide bonds. The number of amides is 1. The Labute approximate surface area is 110 Å². The van der Waals surface area contributed by atoms with Crippen molar-refractivity contribution in [3.05, 3.63) is 0 Å². The van der Waals surface area contributed by atoms with Gasteiger partial charge in [0.25, 0.3) is 0 Å². The molecule has 2 atom stereocenters. The molecule has 17 heavy (non-hydrogen) atoms. The Hall–Kier alpha value is -0.320. The first kappa shape index (κ1) is 16.7.